The lowest BCUT2D eigenvalue weighted by molar-refractivity contribution is 0.131. The van der Waals surface area contributed by atoms with Gasteiger partial charge in [-0.05, 0) is 18.3 Å². The zero-order chi connectivity index (χ0) is 8.55. The van der Waals surface area contributed by atoms with Crippen molar-refractivity contribution in [3.63, 3.8) is 0 Å². The van der Waals surface area contributed by atoms with Gasteiger partial charge in [-0.25, -0.2) is 0 Å². The van der Waals surface area contributed by atoms with Gasteiger partial charge in [0.2, 0.25) is 0 Å². The lowest BCUT2D eigenvalue weighted by Gasteiger charge is -2.34. The molecule has 0 saturated carbocycles. The van der Waals surface area contributed by atoms with Gasteiger partial charge in [-0.2, -0.15) is 0 Å². The molecule has 2 saturated heterocycles. The van der Waals surface area contributed by atoms with E-state index < -0.39 is 0 Å². The summed E-state index contributed by atoms with van der Waals surface area (Å²) in [6, 6.07) is 0. The summed E-state index contributed by atoms with van der Waals surface area (Å²) >= 11 is 0. The van der Waals surface area contributed by atoms with Crippen molar-refractivity contribution in [1.29, 1.82) is 0 Å². The van der Waals surface area contributed by atoms with Crippen molar-refractivity contribution in [1.82, 2.24) is 4.90 Å². The fourth-order valence-corrected chi connectivity index (χ4v) is 2.40. The predicted octanol–water partition coefficient (Wildman–Crippen LogP) is 1.36. The number of rotatable bonds is 2. The average Bonchev–Trinajstić information content (AvgIpc) is 2.68. The van der Waals surface area contributed by atoms with Crippen LogP contribution < -0.4 is 0 Å². The second-order valence-corrected chi connectivity index (χ2v) is 4.62. The molecular weight excluding hydrogens is 150 g/mol. The molecule has 0 aliphatic carbocycles. The van der Waals surface area contributed by atoms with Crippen LogP contribution in [0, 0.1) is 11.8 Å². The highest BCUT2D eigenvalue weighted by Gasteiger charge is 2.29. The molecule has 2 aliphatic heterocycles. The lowest BCUT2D eigenvalue weighted by Crippen LogP contribution is -2.40. The van der Waals surface area contributed by atoms with Crippen LogP contribution in [0.15, 0.2) is 0 Å². The van der Waals surface area contributed by atoms with Crippen molar-refractivity contribution in [3.8, 4) is 0 Å². The Labute approximate surface area is 74.9 Å². The van der Waals surface area contributed by atoms with Crippen molar-refractivity contribution in [2.75, 3.05) is 26.2 Å². The first-order valence-electron chi connectivity index (χ1n) is 5.08. The van der Waals surface area contributed by atoms with Gasteiger partial charge in [-0.15, -0.1) is 0 Å². The maximum atomic E-state index is 5.24. The number of hydrogen-bond acceptors (Lipinski definition) is 2. The monoisotopic (exact) mass is 169 g/mol. The molecule has 2 nitrogen and oxygen atoms in total. The number of nitrogens with zero attached hydrogens (tertiary/aromatic N) is 1. The maximum Gasteiger partial charge on any atom is 0.0936 e. The lowest BCUT2D eigenvalue weighted by atomic mass is 9.92. The van der Waals surface area contributed by atoms with Crippen LogP contribution in [0.1, 0.15) is 20.3 Å². The van der Waals surface area contributed by atoms with E-state index in [1.54, 1.807) is 0 Å². The Morgan fingerprint density at radius 2 is 1.83 bits per heavy atom. The Morgan fingerprint density at radius 1 is 1.25 bits per heavy atom. The smallest absolute Gasteiger partial charge is 0.0936 e. The summed E-state index contributed by atoms with van der Waals surface area (Å²) in [5.41, 5.74) is 0. The van der Waals surface area contributed by atoms with Crippen molar-refractivity contribution in [2.24, 2.45) is 11.8 Å². The van der Waals surface area contributed by atoms with Gasteiger partial charge in [0.1, 0.15) is 0 Å². The molecule has 0 spiro atoms. The number of epoxide rings is 1. The first-order chi connectivity index (χ1) is 5.74. The highest BCUT2D eigenvalue weighted by atomic mass is 16.6. The molecule has 12 heavy (non-hydrogen) atoms. The van der Waals surface area contributed by atoms with Crippen molar-refractivity contribution in [2.45, 2.75) is 26.4 Å². The first kappa shape index (κ1) is 8.52. The normalized spacial score (nSPS) is 43.0. The number of piperidine rings is 1. The summed E-state index contributed by atoms with van der Waals surface area (Å²) in [6.45, 7) is 9.45. The molecule has 0 amide bonds. The molecule has 0 aromatic carbocycles. The minimum absolute atomic E-state index is 0.572. The molecule has 70 valence electrons. The van der Waals surface area contributed by atoms with Crippen LogP contribution in [0.3, 0.4) is 0 Å². The molecule has 0 aromatic rings. The fourth-order valence-electron chi connectivity index (χ4n) is 2.40. The van der Waals surface area contributed by atoms with E-state index in [-0.39, 0.29) is 0 Å². The fraction of sp³-hybridized carbons (Fsp3) is 1.00. The molecule has 2 aliphatic rings. The summed E-state index contributed by atoms with van der Waals surface area (Å²) in [5, 5.41) is 0. The van der Waals surface area contributed by atoms with Gasteiger partial charge in [0, 0.05) is 19.6 Å². The van der Waals surface area contributed by atoms with Crippen molar-refractivity contribution < 1.29 is 4.74 Å². The predicted molar refractivity (Wildman–Crippen MR) is 49.1 cm³/mol. The molecule has 2 fully saturated rings. The van der Waals surface area contributed by atoms with Gasteiger partial charge in [0.05, 0.1) is 12.7 Å². The molecule has 2 rings (SSSR count). The van der Waals surface area contributed by atoms with E-state index in [0.29, 0.717) is 6.10 Å². The largest absolute Gasteiger partial charge is 0.372 e. The molecule has 0 radical (unpaired) electrons. The van der Waals surface area contributed by atoms with Crippen LogP contribution in [0.25, 0.3) is 0 Å². The van der Waals surface area contributed by atoms with Crippen molar-refractivity contribution in [3.05, 3.63) is 0 Å². The molecule has 2 heteroatoms. The quantitative estimate of drug-likeness (QED) is 0.580. The van der Waals surface area contributed by atoms with E-state index in [0.717, 1.165) is 18.4 Å². The second kappa shape index (κ2) is 3.35. The summed E-state index contributed by atoms with van der Waals surface area (Å²) in [6.07, 6.45) is 1.98. The van der Waals surface area contributed by atoms with E-state index in [9.17, 15) is 0 Å². The second-order valence-electron chi connectivity index (χ2n) is 4.62. The van der Waals surface area contributed by atoms with Crippen LogP contribution in [0.4, 0.5) is 0 Å². The molecule has 0 bridgehead atoms. The number of likely N-dealkylation sites (tertiary alicyclic amines) is 1. The van der Waals surface area contributed by atoms with Gasteiger partial charge in [-0.1, -0.05) is 13.8 Å². The minimum Gasteiger partial charge on any atom is -0.372 e. The maximum absolute atomic E-state index is 5.24. The molecule has 0 aromatic heterocycles. The van der Waals surface area contributed by atoms with Crippen LogP contribution >= 0.6 is 0 Å². The third-order valence-electron chi connectivity index (χ3n) is 2.81. The van der Waals surface area contributed by atoms with E-state index in [1.165, 1.54) is 26.1 Å². The van der Waals surface area contributed by atoms with Gasteiger partial charge in [-0.3, -0.25) is 0 Å². The van der Waals surface area contributed by atoms with Gasteiger partial charge in [0.15, 0.2) is 0 Å². The SMILES string of the molecule is CC1CC(C)CN(CC2CO2)C1. The summed E-state index contributed by atoms with van der Waals surface area (Å²) < 4.78 is 5.24. The Hall–Kier alpha value is -0.0800. The van der Waals surface area contributed by atoms with Gasteiger partial charge >= 0.3 is 0 Å². The van der Waals surface area contributed by atoms with Crippen molar-refractivity contribution >= 4 is 0 Å². The Balaban J connectivity index is 1.79. The average molecular weight is 169 g/mol. The Kier molecular flexibility index (Phi) is 2.37. The molecule has 3 unspecified atom stereocenters. The Bertz CT molecular complexity index is 143. The van der Waals surface area contributed by atoms with E-state index in [1.807, 2.05) is 0 Å². The van der Waals surface area contributed by atoms with E-state index >= 15 is 0 Å². The summed E-state index contributed by atoms with van der Waals surface area (Å²) in [7, 11) is 0. The first-order valence-corrected chi connectivity index (χ1v) is 5.08. The highest BCUT2D eigenvalue weighted by Crippen LogP contribution is 2.22. The Morgan fingerprint density at radius 3 is 2.33 bits per heavy atom. The third-order valence-corrected chi connectivity index (χ3v) is 2.81. The van der Waals surface area contributed by atoms with Crippen LogP contribution in [0.2, 0.25) is 0 Å². The standard InChI is InChI=1S/C10H19NO/c1-8-3-9(2)5-11(4-8)6-10-7-12-10/h8-10H,3-7H2,1-2H3. The van der Waals surface area contributed by atoms with Crippen LogP contribution in [0.5, 0.6) is 0 Å². The topological polar surface area (TPSA) is 15.8 Å². The molecule has 0 N–H and O–H groups in total. The van der Waals surface area contributed by atoms with Crippen LogP contribution in [-0.4, -0.2) is 37.2 Å². The zero-order valence-corrected chi connectivity index (χ0v) is 8.12. The van der Waals surface area contributed by atoms with Gasteiger partial charge < -0.3 is 9.64 Å². The van der Waals surface area contributed by atoms with Crippen LogP contribution in [-0.2, 0) is 4.74 Å². The zero-order valence-electron chi connectivity index (χ0n) is 8.12. The van der Waals surface area contributed by atoms with E-state index in [2.05, 4.69) is 18.7 Å². The minimum atomic E-state index is 0.572. The number of ether oxygens (including phenoxy) is 1. The summed E-state index contributed by atoms with van der Waals surface area (Å²) in [4.78, 5) is 2.57. The highest BCUT2D eigenvalue weighted by molar-refractivity contribution is 4.80. The summed E-state index contributed by atoms with van der Waals surface area (Å²) in [5.74, 6) is 1.76. The van der Waals surface area contributed by atoms with Gasteiger partial charge in [0.25, 0.3) is 0 Å². The molecule has 3 atom stereocenters. The van der Waals surface area contributed by atoms with E-state index in [4.69, 9.17) is 4.74 Å². The molecular formula is C10H19NO. The number of hydrogen-bond donors (Lipinski definition) is 0. The molecule has 2 heterocycles. The third kappa shape index (κ3) is 2.20.